The first kappa shape index (κ1) is 29.7. The molecule has 0 bridgehead atoms. The summed E-state index contributed by atoms with van der Waals surface area (Å²) < 4.78 is 37.4. The number of imidazole rings is 1. The van der Waals surface area contributed by atoms with Gasteiger partial charge in [0.2, 0.25) is 11.7 Å². The molecule has 45 heavy (non-hydrogen) atoms. The van der Waals surface area contributed by atoms with E-state index in [0.717, 1.165) is 5.56 Å². The Balaban J connectivity index is 1.25. The normalized spacial score (nSPS) is 16.8. The number of anilines is 2. The number of nitrogens with zero attached hydrogens (tertiary/aromatic N) is 8. The van der Waals surface area contributed by atoms with Gasteiger partial charge in [-0.3, -0.25) is 9.20 Å². The van der Waals surface area contributed by atoms with E-state index in [2.05, 4.69) is 20.3 Å². The third-order valence-electron chi connectivity index (χ3n) is 7.92. The van der Waals surface area contributed by atoms with Crippen molar-refractivity contribution in [3.63, 3.8) is 0 Å². The number of rotatable bonds is 7. The number of carbonyl (C=O) groups excluding carboxylic acids is 2. The number of benzene rings is 1. The number of nitriles is 1. The van der Waals surface area contributed by atoms with Gasteiger partial charge in [0.05, 0.1) is 12.3 Å². The summed E-state index contributed by atoms with van der Waals surface area (Å²) in [5.41, 5.74) is 1.71. The Morgan fingerprint density at radius 3 is 2.60 bits per heavy atom. The predicted molar refractivity (Wildman–Crippen MR) is 160 cm³/mol. The number of likely N-dealkylation sites (tertiary alicyclic amines) is 1. The monoisotopic (exact) mass is 615 g/mol. The van der Waals surface area contributed by atoms with Gasteiger partial charge in [-0.25, -0.2) is 24.1 Å². The van der Waals surface area contributed by atoms with Gasteiger partial charge in [-0.1, -0.05) is 30.3 Å². The lowest BCUT2D eigenvalue weighted by Gasteiger charge is -2.35. The van der Waals surface area contributed by atoms with Gasteiger partial charge in [0.1, 0.15) is 30.2 Å². The van der Waals surface area contributed by atoms with Crippen molar-refractivity contribution in [3.8, 4) is 17.6 Å². The number of nitrogens with one attached hydrogen (secondary N) is 1. The molecule has 0 saturated carbocycles. The summed E-state index contributed by atoms with van der Waals surface area (Å²) in [6.07, 6.45) is 3.42. The number of pyridine rings is 1. The van der Waals surface area contributed by atoms with Crippen molar-refractivity contribution in [2.75, 3.05) is 49.5 Å². The molecule has 2 aliphatic heterocycles. The average molecular weight is 616 g/mol. The number of amides is 2. The molecule has 0 unspecified atom stereocenters. The minimum absolute atomic E-state index is 0.0272. The molecule has 232 valence electrons. The van der Waals surface area contributed by atoms with Crippen molar-refractivity contribution in [2.24, 2.45) is 0 Å². The summed E-state index contributed by atoms with van der Waals surface area (Å²) in [7, 11) is 0. The number of fused-ring (bicyclic) bond motifs is 1. The molecule has 1 aromatic carbocycles. The summed E-state index contributed by atoms with van der Waals surface area (Å²) in [5.74, 6) is -1.35. The highest BCUT2D eigenvalue weighted by Crippen LogP contribution is 2.30. The van der Waals surface area contributed by atoms with Gasteiger partial charge in [-0.2, -0.15) is 9.65 Å². The fraction of sp³-hybridized carbons (Fsp3) is 0.355. The number of piperidine rings is 1. The van der Waals surface area contributed by atoms with Crippen LogP contribution in [0.1, 0.15) is 24.8 Å². The van der Waals surface area contributed by atoms with Crippen molar-refractivity contribution in [1.82, 2.24) is 29.2 Å². The van der Waals surface area contributed by atoms with Crippen LogP contribution in [0.5, 0.6) is 0 Å². The van der Waals surface area contributed by atoms with Crippen molar-refractivity contribution >= 4 is 29.3 Å². The maximum atomic E-state index is 16.2. The quantitative estimate of drug-likeness (QED) is 0.329. The number of halogens is 2. The predicted octanol–water partition coefficient (Wildman–Crippen LogP) is 3.84. The highest BCUT2D eigenvalue weighted by atomic mass is 19.1. The van der Waals surface area contributed by atoms with E-state index in [9.17, 15) is 14.0 Å². The van der Waals surface area contributed by atoms with Crippen molar-refractivity contribution in [2.45, 2.75) is 31.9 Å². The molecule has 6 rings (SSSR count). The van der Waals surface area contributed by atoms with E-state index in [1.165, 1.54) is 28.9 Å². The molecular formula is C31H31F2N9O3. The first-order chi connectivity index (χ1) is 21.9. The first-order valence-electron chi connectivity index (χ1n) is 14.7. The van der Waals surface area contributed by atoms with Crippen LogP contribution in [0.2, 0.25) is 0 Å². The molecule has 3 aromatic heterocycles. The zero-order valence-corrected chi connectivity index (χ0v) is 24.4. The van der Waals surface area contributed by atoms with Crippen LogP contribution < -0.4 is 10.2 Å². The molecule has 2 amide bonds. The fourth-order valence-electron chi connectivity index (χ4n) is 5.58. The van der Waals surface area contributed by atoms with E-state index in [-0.39, 0.29) is 68.6 Å². The molecule has 12 nitrogen and oxygen atoms in total. The van der Waals surface area contributed by atoms with E-state index >= 15 is 4.39 Å². The van der Waals surface area contributed by atoms with Crippen LogP contribution in [0.4, 0.5) is 25.2 Å². The summed E-state index contributed by atoms with van der Waals surface area (Å²) in [4.78, 5) is 43.4. The molecule has 2 aliphatic rings. The van der Waals surface area contributed by atoms with E-state index in [0.29, 0.717) is 37.3 Å². The molecule has 0 aliphatic carbocycles. The number of carbonyl (C=O) groups is 2. The Morgan fingerprint density at radius 1 is 1.02 bits per heavy atom. The van der Waals surface area contributed by atoms with Crippen molar-refractivity contribution in [1.29, 1.82) is 5.26 Å². The standard InChI is InChI=1S/C31H31F2N9O3/c32-22-8-9-25-35-17-24(42(25)18-22)28-37-29(36-23-7-4-12-41(19-23)26(43)10-11-34)27(33)30(38-28)39-13-15-40(16-14-39)31(44)45-20-21-5-2-1-3-6-21/h1-3,5-6,8-9,17-18,23H,4,7,10,12-16,19-20H2,(H,36,37,38)/t23-/m1/s1. The zero-order chi connectivity index (χ0) is 31.3. The Morgan fingerprint density at radius 2 is 1.82 bits per heavy atom. The minimum Gasteiger partial charge on any atom is -0.445 e. The van der Waals surface area contributed by atoms with Crippen LogP contribution in [0.3, 0.4) is 0 Å². The summed E-state index contributed by atoms with van der Waals surface area (Å²) in [6, 6.07) is 13.8. The van der Waals surface area contributed by atoms with Crippen LogP contribution in [-0.4, -0.2) is 86.5 Å². The lowest BCUT2D eigenvalue weighted by Crippen LogP contribution is -2.49. The number of piperazine rings is 1. The summed E-state index contributed by atoms with van der Waals surface area (Å²) >= 11 is 0. The molecule has 2 saturated heterocycles. The van der Waals surface area contributed by atoms with Crippen LogP contribution in [0.25, 0.3) is 17.2 Å². The van der Waals surface area contributed by atoms with E-state index in [1.54, 1.807) is 14.7 Å². The highest BCUT2D eigenvalue weighted by molar-refractivity contribution is 5.78. The topological polar surface area (TPSA) is 132 Å². The highest BCUT2D eigenvalue weighted by Gasteiger charge is 2.30. The molecule has 0 radical (unpaired) electrons. The van der Waals surface area contributed by atoms with Gasteiger partial charge in [-0.05, 0) is 30.5 Å². The second-order valence-electron chi connectivity index (χ2n) is 10.9. The molecule has 0 spiro atoms. The number of hydrogen-bond donors (Lipinski definition) is 1. The SMILES string of the molecule is N#CCC(=O)N1CCC[C@@H](Nc2nc(-c3cnc4ccc(F)cn34)nc(N3CCN(C(=O)OCc4ccccc4)CC3)c2F)C1. The minimum atomic E-state index is -0.681. The van der Waals surface area contributed by atoms with Crippen LogP contribution in [0, 0.1) is 23.0 Å². The lowest BCUT2D eigenvalue weighted by atomic mass is 10.1. The van der Waals surface area contributed by atoms with Crippen molar-refractivity contribution in [3.05, 3.63) is 72.1 Å². The van der Waals surface area contributed by atoms with Crippen LogP contribution >= 0.6 is 0 Å². The molecule has 5 heterocycles. The Hall–Kier alpha value is -5.32. The van der Waals surface area contributed by atoms with E-state index < -0.39 is 17.7 Å². The third-order valence-corrected chi connectivity index (χ3v) is 7.92. The average Bonchev–Trinajstić information content (AvgIpc) is 3.48. The van der Waals surface area contributed by atoms with E-state index in [4.69, 9.17) is 10.00 Å². The molecule has 1 atom stereocenters. The van der Waals surface area contributed by atoms with Gasteiger partial charge in [-0.15, -0.1) is 0 Å². The second kappa shape index (κ2) is 13.1. The number of hydrogen-bond acceptors (Lipinski definition) is 9. The lowest BCUT2D eigenvalue weighted by molar-refractivity contribution is -0.131. The van der Waals surface area contributed by atoms with Crippen LogP contribution in [-0.2, 0) is 16.1 Å². The number of ether oxygens (including phenoxy) is 1. The van der Waals surface area contributed by atoms with E-state index in [1.807, 2.05) is 36.4 Å². The maximum absolute atomic E-state index is 16.2. The Kier molecular flexibility index (Phi) is 8.68. The molecule has 2 fully saturated rings. The van der Waals surface area contributed by atoms with Gasteiger partial charge >= 0.3 is 6.09 Å². The zero-order valence-electron chi connectivity index (χ0n) is 24.4. The van der Waals surface area contributed by atoms with Gasteiger partial charge < -0.3 is 24.8 Å². The van der Waals surface area contributed by atoms with Crippen LogP contribution in [0.15, 0.2) is 54.9 Å². The molecule has 14 heteroatoms. The maximum Gasteiger partial charge on any atom is 0.410 e. The summed E-state index contributed by atoms with van der Waals surface area (Å²) in [6.45, 7) is 2.11. The first-order valence-corrected chi connectivity index (χ1v) is 14.7. The second-order valence-corrected chi connectivity index (χ2v) is 10.9. The smallest absolute Gasteiger partial charge is 0.410 e. The fourth-order valence-corrected chi connectivity index (χ4v) is 5.58. The third kappa shape index (κ3) is 6.62. The molecular weight excluding hydrogens is 584 g/mol. The molecule has 1 N–H and O–H groups in total. The Bertz CT molecular complexity index is 1740. The summed E-state index contributed by atoms with van der Waals surface area (Å²) in [5, 5.41) is 12.1. The largest absolute Gasteiger partial charge is 0.445 e. The van der Waals surface area contributed by atoms with Gasteiger partial charge in [0, 0.05) is 51.5 Å². The van der Waals surface area contributed by atoms with Gasteiger partial charge in [0.25, 0.3) is 0 Å². The Labute approximate surface area is 257 Å². The van der Waals surface area contributed by atoms with Crippen molar-refractivity contribution < 1.29 is 23.1 Å². The number of aromatic nitrogens is 4. The molecule has 4 aromatic rings. The van der Waals surface area contributed by atoms with Gasteiger partial charge in [0.15, 0.2) is 17.5 Å².